The molecule has 0 spiro atoms. The topological polar surface area (TPSA) is 52.6 Å². The molecule has 0 unspecified atom stereocenters. The molecule has 0 heterocycles. The Morgan fingerprint density at radius 3 is 1.45 bits per heavy atom. The summed E-state index contributed by atoms with van der Waals surface area (Å²) in [4.78, 5) is 26.0. The van der Waals surface area contributed by atoms with Crippen LogP contribution >= 0.6 is 0 Å². The Hall–Kier alpha value is -4.34. The van der Waals surface area contributed by atoms with E-state index in [0.29, 0.717) is 34.9 Å². The molecular weight excluding hydrogens is 622 g/mol. The molecule has 250 valence electrons. The minimum atomic E-state index is -5.77. The van der Waals surface area contributed by atoms with Crippen molar-refractivity contribution < 1.29 is 45.4 Å². The van der Waals surface area contributed by atoms with Crippen LogP contribution in [-0.2, 0) is 15.6 Å². The molecule has 47 heavy (non-hydrogen) atoms. The third kappa shape index (κ3) is 7.01. The molecule has 4 aromatic carbocycles. The predicted molar refractivity (Wildman–Crippen MR) is 168 cm³/mol. The quantitative estimate of drug-likeness (QED) is 0.107. The summed E-state index contributed by atoms with van der Waals surface area (Å²) in [6.45, 7) is 10.8. The lowest BCUT2D eigenvalue weighted by Gasteiger charge is -2.38. The van der Waals surface area contributed by atoms with Crippen molar-refractivity contribution in [1.82, 2.24) is 0 Å². The summed E-state index contributed by atoms with van der Waals surface area (Å²) in [7, 11) is 0. The second-order valence-corrected chi connectivity index (χ2v) is 13.1. The highest BCUT2D eigenvalue weighted by molar-refractivity contribution is 6.12. The Labute approximate surface area is 269 Å². The van der Waals surface area contributed by atoms with Crippen molar-refractivity contribution in [3.63, 3.8) is 0 Å². The van der Waals surface area contributed by atoms with Crippen molar-refractivity contribution in [3.8, 4) is 5.75 Å². The van der Waals surface area contributed by atoms with Crippen molar-refractivity contribution in [1.29, 1.82) is 0 Å². The molecule has 0 aromatic heterocycles. The number of rotatable bonds is 8. The smallest absolute Gasteiger partial charge is 0.411 e. The van der Waals surface area contributed by atoms with Crippen LogP contribution < -0.4 is 4.74 Å². The van der Waals surface area contributed by atoms with Crippen LogP contribution in [0.5, 0.6) is 5.75 Å². The number of halogens is 6. The first-order valence-corrected chi connectivity index (χ1v) is 15.1. The molecule has 0 amide bonds. The summed E-state index contributed by atoms with van der Waals surface area (Å²) in [5.74, 6) is -1.80. The first-order valence-electron chi connectivity index (χ1n) is 15.1. The minimum Gasteiger partial charge on any atom is -0.456 e. The van der Waals surface area contributed by atoms with Gasteiger partial charge in [-0.05, 0) is 84.3 Å². The number of carbonyl (C=O) groups is 2. The summed E-state index contributed by atoms with van der Waals surface area (Å²) in [5.41, 5.74) is -6.76. The average Bonchev–Trinajstić information content (AvgIpc) is 2.95. The number of hydrogen-bond donors (Lipinski definition) is 0. The number of esters is 2. The summed E-state index contributed by atoms with van der Waals surface area (Å²) < 4.78 is 99.2. The largest absolute Gasteiger partial charge is 0.456 e. The fourth-order valence-electron chi connectivity index (χ4n) is 5.85. The van der Waals surface area contributed by atoms with Gasteiger partial charge in [0.15, 0.2) is 0 Å². The molecule has 0 aliphatic rings. The zero-order chi connectivity index (χ0) is 35.0. The first kappa shape index (κ1) is 35.5. The molecule has 0 radical (unpaired) electrons. The molecule has 4 rings (SSSR count). The molecule has 0 saturated carbocycles. The van der Waals surface area contributed by atoms with Crippen LogP contribution in [0.25, 0.3) is 10.8 Å². The Balaban J connectivity index is 1.71. The fraction of sp³-hybridized carbons (Fsp3) is 0.351. The molecule has 0 atom stereocenters. The van der Waals surface area contributed by atoms with Crippen LogP contribution in [0.3, 0.4) is 0 Å². The van der Waals surface area contributed by atoms with Gasteiger partial charge in [-0.2, -0.15) is 26.3 Å². The van der Waals surface area contributed by atoms with Gasteiger partial charge in [-0.3, -0.25) is 0 Å². The van der Waals surface area contributed by atoms with E-state index in [4.69, 9.17) is 9.47 Å². The molecular formula is C37H36F6O4. The van der Waals surface area contributed by atoms with E-state index < -0.39 is 51.8 Å². The highest BCUT2D eigenvalue weighted by atomic mass is 19.4. The zero-order valence-electron chi connectivity index (χ0n) is 26.9. The van der Waals surface area contributed by atoms with Gasteiger partial charge in [-0.25, -0.2) is 9.59 Å². The van der Waals surface area contributed by atoms with Gasteiger partial charge in [0, 0.05) is 0 Å². The van der Waals surface area contributed by atoms with Gasteiger partial charge >= 0.3 is 24.3 Å². The molecule has 0 fully saturated rings. The minimum absolute atomic E-state index is 0.0306. The number of hydrogen-bond acceptors (Lipinski definition) is 4. The summed E-state index contributed by atoms with van der Waals surface area (Å²) in [5, 5.41) is 0.743. The van der Waals surface area contributed by atoms with Gasteiger partial charge < -0.3 is 9.47 Å². The molecule has 10 heteroatoms. The maximum atomic E-state index is 14.7. The van der Waals surface area contributed by atoms with Gasteiger partial charge in [0.05, 0.1) is 11.1 Å². The van der Waals surface area contributed by atoms with Crippen LogP contribution in [0.1, 0.15) is 91.8 Å². The summed E-state index contributed by atoms with van der Waals surface area (Å²) in [6.07, 6.45) is -10.0. The lowest BCUT2D eigenvalue weighted by molar-refractivity contribution is -0.288. The predicted octanol–water partition coefficient (Wildman–Crippen LogP) is 10.5. The standard InChI is InChI=1S/C37H36F6O4/c1-7-22-34(5,6)23-12-14-24(15-13-23)35(36(38,39)40,37(41,42)43)25-16-18-26(19-17-25)46-31(44)29-20-21-30(32(45)47-33(2,3)4)28-11-9-8-10-27(28)29/h8-21H,7,22H2,1-6H3. The Kier molecular flexibility index (Phi) is 9.59. The lowest BCUT2D eigenvalue weighted by atomic mass is 9.71. The molecule has 0 N–H and O–H groups in total. The molecule has 0 aliphatic heterocycles. The molecule has 4 aromatic rings. The lowest BCUT2D eigenvalue weighted by Crippen LogP contribution is -2.54. The zero-order valence-corrected chi connectivity index (χ0v) is 26.9. The van der Waals surface area contributed by atoms with Gasteiger partial charge in [0.2, 0.25) is 5.41 Å². The molecule has 0 bridgehead atoms. The number of alkyl halides is 6. The SMILES string of the molecule is CCCC(C)(C)c1ccc(C(c2ccc(OC(=O)c3ccc(C(=O)OC(C)(C)C)c4ccccc34)cc2)(C(F)(F)F)C(F)(F)F)cc1. The third-order valence-electron chi connectivity index (χ3n) is 8.09. The van der Waals surface area contributed by atoms with E-state index in [0.717, 1.165) is 30.7 Å². The van der Waals surface area contributed by atoms with Crippen molar-refractivity contribution in [2.24, 2.45) is 0 Å². The van der Waals surface area contributed by atoms with E-state index >= 15 is 0 Å². The van der Waals surface area contributed by atoms with E-state index in [1.807, 2.05) is 20.8 Å². The Morgan fingerprint density at radius 1 is 0.596 bits per heavy atom. The molecule has 4 nitrogen and oxygen atoms in total. The van der Waals surface area contributed by atoms with E-state index in [-0.39, 0.29) is 16.9 Å². The second-order valence-electron chi connectivity index (χ2n) is 13.1. The van der Waals surface area contributed by atoms with Gasteiger partial charge in [0.25, 0.3) is 0 Å². The monoisotopic (exact) mass is 658 g/mol. The number of benzene rings is 4. The second kappa shape index (κ2) is 12.7. The fourth-order valence-corrected chi connectivity index (χ4v) is 5.85. The van der Waals surface area contributed by atoms with Crippen LogP contribution in [0.15, 0.2) is 84.9 Å². The number of fused-ring (bicyclic) bond motifs is 1. The van der Waals surface area contributed by atoms with Crippen molar-refractivity contribution in [2.75, 3.05) is 0 Å². The van der Waals surface area contributed by atoms with Gasteiger partial charge in [0.1, 0.15) is 11.4 Å². The van der Waals surface area contributed by atoms with E-state index in [1.54, 1.807) is 45.0 Å². The van der Waals surface area contributed by atoms with Gasteiger partial charge in [-0.15, -0.1) is 0 Å². The van der Waals surface area contributed by atoms with Crippen molar-refractivity contribution >= 4 is 22.7 Å². The van der Waals surface area contributed by atoms with Crippen molar-refractivity contribution in [2.45, 2.75) is 83.2 Å². The number of ether oxygens (including phenoxy) is 2. The van der Waals surface area contributed by atoms with Crippen molar-refractivity contribution in [3.05, 3.63) is 113 Å². The van der Waals surface area contributed by atoms with E-state index in [9.17, 15) is 35.9 Å². The summed E-state index contributed by atoms with van der Waals surface area (Å²) >= 11 is 0. The maximum Gasteiger partial charge on any atom is 0.411 e. The highest BCUT2D eigenvalue weighted by Crippen LogP contribution is 2.56. The Bertz CT molecular complexity index is 1730. The van der Waals surface area contributed by atoms with E-state index in [1.165, 1.54) is 24.3 Å². The normalized spacial score (nSPS) is 13.0. The van der Waals surface area contributed by atoms with Crippen LogP contribution in [0.2, 0.25) is 0 Å². The van der Waals surface area contributed by atoms with Crippen LogP contribution in [-0.4, -0.2) is 29.9 Å². The first-order chi connectivity index (χ1) is 21.7. The third-order valence-corrected chi connectivity index (χ3v) is 8.09. The molecule has 0 aliphatic carbocycles. The molecule has 0 saturated heterocycles. The average molecular weight is 659 g/mol. The number of carbonyl (C=O) groups excluding carboxylic acids is 2. The van der Waals surface area contributed by atoms with E-state index in [2.05, 4.69) is 0 Å². The maximum absolute atomic E-state index is 14.7. The summed E-state index contributed by atoms with van der Waals surface area (Å²) in [6, 6.07) is 16.8. The van der Waals surface area contributed by atoms with Crippen LogP contribution in [0, 0.1) is 0 Å². The highest BCUT2D eigenvalue weighted by Gasteiger charge is 2.72. The van der Waals surface area contributed by atoms with Gasteiger partial charge in [-0.1, -0.05) is 87.9 Å². The van der Waals surface area contributed by atoms with Crippen LogP contribution in [0.4, 0.5) is 26.3 Å². The Morgan fingerprint density at radius 2 is 1.02 bits per heavy atom.